The zero-order valence-electron chi connectivity index (χ0n) is 25.8. The molecule has 1 aliphatic heterocycles. The number of ether oxygens (including phenoxy) is 2. The molecule has 2 fully saturated rings. The molecule has 1 atom stereocenters. The first-order valence-corrected chi connectivity index (χ1v) is 15.8. The summed E-state index contributed by atoms with van der Waals surface area (Å²) in [5, 5.41) is 9.11. The highest BCUT2D eigenvalue weighted by molar-refractivity contribution is 5.97. The summed E-state index contributed by atoms with van der Waals surface area (Å²) in [6.07, 6.45) is 8.74. The van der Waals surface area contributed by atoms with Crippen LogP contribution in [0.1, 0.15) is 101 Å². The molecule has 5 rings (SSSR count). The fourth-order valence-corrected chi connectivity index (χ4v) is 6.18. The van der Waals surface area contributed by atoms with E-state index in [-0.39, 0.29) is 35.7 Å². The summed E-state index contributed by atoms with van der Waals surface area (Å²) >= 11 is 0. The van der Waals surface area contributed by atoms with Crippen LogP contribution in [-0.4, -0.2) is 47.4 Å². The van der Waals surface area contributed by atoms with Crippen molar-refractivity contribution in [2.75, 3.05) is 13.2 Å². The predicted octanol–water partition coefficient (Wildman–Crippen LogP) is 6.09. The van der Waals surface area contributed by atoms with Crippen molar-refractivity contribution in [2.45, 2.75) is 96.6 Å². The summed E-state index contributed by atoms with van der Waals surface area (Å²) in [5.41, 5.74) is 2.01. The van der Waals surface area contributed by atoms with Crippen molar-refractivity contribution in [1.29, 1.82) is 0 Å². The SMILES string of the molecule is CC(C)(C)OC(=O)C1(CCCCNC(=O)C(c2ccc(CN3N=C(c4ccccc4)OCC3=O)cc2)C2CCCC2)CC1. The van der Waals surface area contributed by atoms with Gasteiger partial charge in [0, 0.05) is 12.1 Å². The highest BCUT2D eigenvalue weighted by atomic mass is 16.6. The molecule has 0 saturated heterocycles. The van der Waals surface area contributed by atoms with Gasteiger partial charge in [-0.2, -0.15) is 0 Å². The Labute approximate surface area is 255 Å². The van der Waals surface area contributed by atoms with E-state index in [0.717, 1.165) is 74.5 Å². The van der Waals surface area contributed by atoms with Crippen molar-refractivity contribution in [1.82, 2.24) is 10.3 Å². The van der Waals surface area contributed by atoms with Gasteiger partial charge in [0.05, 0.1) is 17.9 Å². The second kappa shape index (κ2) is 13.3. The second-order valence-electron chi connectivity index (χ2n) is 13.3. The molecule has 0 radical (unpaired) electrons. The number of unbranched alkanes of at least 4 members (excludes halogenated alkanes) is 1. The van der Waals surface area contributed by atoms with Crippen LogP contribution in [0.4, 0.5) is 0 Å². The summed E-state index contributed by atoms with van der Waals surface area (Å²) in [6, 6.07) is 17.6. The third-order valence-electron chi connectivity index (χ3n) is 8.74. The number of amides is 2. The lowest BCUT2D eigenvalue weighted by Crippen LogP contribution is -2.36. The second-order valence-corrected chi connectivity index (χ2v) is 13.3. The van der Waals surface area contributed by atoms with Gasteiger partial charge in [-0.25, -0.2) is 5.01 Å². The Morgan fingerprint density at radius 1 is 1.05 bits per heavy atom. The number of carbonyl (C=O) groups is 3. The molecule has 1 N–H and O–H groups in total. The Bertz CT molecular complexity index is 1310. The van der Waals surface area contributed by atoms with Crippen LogP contribution in [0, 0.1) is 11.3 Å². The van der Waals surface area contributed by atoms with Crippen LogP contribution in [-0.2, 0) is 30.4 Å². The number of esters is 1. The van der Waals surface area contributed by atoms with Gasteiger partial charge in [-0.05, 0) is 88.5 Å². The first kappa shape index (κ1) is 30.8. The molecule has 1 heterocycles. The lowest BCUT2D eigenvalue weighted by atomic mass is 9.83. The van der Waals surface area contributed by atoms with E-state index in [9.17, 15) is 14.4 Å². The van der Waals surface area contributed by atoms with Crippen LogP contribution in [0.2, 0.25) is 0 Å². The molecule has 230 valence electrons. The first-order valence-electron chi connectivity index (χ1n) is 15.8. The minimum absolute atomic E-state index is 0.0439. The molecular formula is C35H45N3O5. The molecule has 0 bridgehead atoms. The van der Waals surface area contributed by atoms with Crippen molar-refractivity contribution < 1.29 is 23.9 Å². The minimum Gasteiger partial charge on any atom is -0.466 e. The topological polar surface area (TPSA) is 97.3 Å². The van der Waals surface area contributed by atoms with E-state index < -0.39 is 5.60 Å². The molecule has 2 aromatic carbocycles. The Hall–Kier alpha value is -3.68. The Kier molecular flexibility index (Phi) is 9.52. The molecule has 2 aliphatic carbocycles. The Morgan fingerprint density at radius 2 is 1.74 bits per heavy atom. The first-order chi connectivity index (χ1) is 20.6. The zero-order valence-corrected chi connectivity index (χ0v) is 25.8. The number of hydrogen-bond donors (Lipinski definition) is 1. The average molecular weight is 588 g/mol. The maximum Gasteiger partial charge on any atom is 0.312 e. The normalized spacial score (nSPS) is 18.9. The van der Waals surface area contributed by atoms with E-state index in [1.54, 1.807) is 0 Å². The average Bonchev–Trinajstić information content (AvgIpc) is 3.59. The summed E-state index contributed by atoms with van der Waals surface area (Å²) < 4.78 is 11.2. The van der Waals surface area contributed by atoms with E-state index in [1.807, 2.05) is 75.4 Å². The summed E-state index contributed by atoms with van der Waals surface area (Å²) in [5.74, 6) is 0.383. The smallest absolute Gasteiger partial charge is 0.312 e. The van der Waals surface area contributed by atoms with Gasteiger partial charge in [0.25, 0.3) is 5.91 Å². The van der Waals surface area contributed by atoms with E-state index in [0.29, 0.717) is 24.9 Å². The van der Waals surface area contributed by atoms with E-state index >= 15 is 0 Å². The maximum absolute atomic E-state index is 13.5. The highest BCUT2D eigenvalue weighted by Crippen LogP contribution is 2.51. The molecule has 2 amide bonds. The third kappa shape index (κ3) is 8.03. The molecule has 0 aromatic heterocycles. The maximum atomic E-state index is 13.5. The van der Waals surface area contributed by atoms with Crippen molar-refractivity contribution in [3.8, 4) is 0 Å². The number of hydrogen-bond acceptors (Lipinski definition) is 6. The van der Waals surface area contributed by atoms with Gasteiger partial charge in [-0.15, -0.1) is 5.10 Å². The molecule has 8 nitrogen and oxygen atoms in total. The quantitative estimate of drug-likeness (QED) is 0.239. The van der Waals surface area contributed by atoms with Crippen LogP contribution in [0.25, 0.3) is 0 Å². The predicted molar refractivity (Wildman–Crippen MR) is 165 cm³/mol. The van der Waals surface area contributed by atoms with Gasteiger partial charge >= 0.3 is 5.97 Å². The fraction of sp³-hybridized carbons (Fsp3) is 0.543. The molecule has 43 heavy (non-hydrogen) atoms. The molecule has 2 saturated carbocycles. The van der Waals surface area contributed by atoms with Gasteiger partial charge in [-0.3, -0.25) is 14.4 Å². The summed E-state index contributed by atoms with van der Waals surface area (Å²) in [7, 11) is 0. The van der Waals surface area contributed by atoms with Crippen LogP contribution in [0.5, 0.6) is 0 Å². The van der Waals surface area contributed by atoms with Gasteiger partial charge in [0.2, 0.25) is 11.8 Å². The number of rotatable bonds is 12. The van der Waals surface area contributed by atoms with Gasteiger partial charge in [0.15, 0.2) is 6.61 Å². The minimum atomic E-state index is -0.464. The molecule has 2 aromatic rings. The highest BCUT2D eigenvalue weighted by Gasteiger charge is 2.51. The molecule has 1 unspecified atom stereocenters. The number of benzene rings is 2. The van der Waals surface area contributed by atoms with Crippen molar-refractivity contribution >= 4 is 23.7 Å². The van der Waals surface area contributed by atoms with Gasteiger partial charge < -0.3 is 14.8 Å². The van der Waals surface area contributed by atoms with Crippen molar-refractivity contribution in [3.05, 3.63) is 71.3 Å². The van der Waals surface area contributed by atoms with E-state index in [2.05, 4.69) is 10.4 Å². The molecule has 8 heteroatoms. The Morgan fingerprint density at radius 3 is 2.40 bits per heavy atom. The molecular weight excluding hydrogens is 542 g/mol. The summed E-state index contributed by atoms with van der Waals surface area (Å²) in [6.45, 7) is 6.62. The van der Waals surface area contributed by atoms with E-state index in [1.165, 1.54) is 5.01 Å². The molecule has 0 spiro atoms. The lowest BCUT2D eigenvalue weighted by molar-refractivity contribution is -0.162. The number of hydrazone groups is 1. The van der Waals surface area contributed by atoms with Crippen molar-refractivity contribution in [2.24, 2.45) is 16.4 Å². The summed E-state index contributed by atoms with van der Waals surface area (Å²) in [4.78, 5) is 38.6. The third-order valence-corrected chi connectivity index (χ3v) is 8.74. The Balaban J connectivity index is 1.16. The zero-order chi connectivity index (χ0) is 30.5. The van der Waals surface area contributed by atoms with Crippen LogP contribution >= 0.6 is 0 Å². The van der Waals surface area contributed by atoms with Crippen LogP contribution < -0.4 is 5.32 Å². The number of nitrogens with zero attached hydrogens (tertiary/aromatic N) is 2. The largest absolute Gasteiger partial charge is 0.466 e. The molecule has 3 aliphatic rings. The van der Waals surface area contributed by atoms with E-state index in [4.69, 9.17) is 9.47 Å². The van der Waals surface area contributed by atoms with Crippen molar-refractivity contribution in [3.63, 3.8) is 0 Å². The lowest BCUT2D eigenvalue weighted by Gasteiger charge is -2.25. The van der Waals surface area contributed by atoms with Crippen LogP contribution in [0.3, 0.4) is 0 Å². The van der Waals surface area contributed by atoms with Crippen LogP contribution in [0.15, 0.2) is 59.7 Å². The van der Waals surface area contributed by atoms with Gasteiger partial charge in [-0.1, -0.05) is 61.7 Å². The number of carbonyl (C=O) groups excluding carboxylic acids is 3. The standard InChI is InChI=1S/C35H45N3O5/c1-34(2,3)43-33(41)35(20-21-35)19-9-10-22-36-31(40)30(26-11-7-8-12-26)27-17-15-25(16-18-27)23-38-29(39)24-42-32(37-38)28-13-5-4-6-14-28/h4-6,13-18,26,30H,7-12,19-24H2,1-3H3,(H,36,40). The van der Waals surface area contributed by atoms with Gasteiger partial charge in [0.1, 0.15) is 5.60 Å². The fourth-order valence-electron chi connectivity index (χ4n) is 6.18. The monoisotopic (exact) mass is 587 g/mol. The number of nitrogens with one attached hydrogen (secondary N) is 1.